The summed E-state index contributed by atoms with van der Waals surface area (Å²) < 4.78 is 0. The fourth-order valence-corrected chi connectivity index (χ4v) is 4.01. The predicted molar refractivity (Wildman–Crippen MR) is 108 cm³/mol. The number of hydrogen-bond donors (Lipinski definition) is 2. The van der Waals surface area contributed by atoms with Gasteiger partial charge in [-0.3, -0.25) is 14.4 Å². The van der Waals surface area contributed by atoms with Crippen LogP contribution in [0.4, 0.5) is 0 Å². The van der Waals surface area contributed by atoms with E-state index in [0.717, 1.165) is 0 Å². The number of carbonyl (C=O) groups is 4. The van der Waals surface area contributed by atoms with Crippen molar-refractivity contribution in [1.29, 1.82) is 0 Å². The number of benzene rings is 2. The van der Waals surface area contributed by atoms with E-state index in [1.54, 1.807) is 60.7 Å². The number of hydrogen-bond acceptors (Lipinski definition) is 5. The summed E-state index contributed by atoms with van der Waals surface area (Å²) in [6.45, 7) is 0.271. The highest BCUT2D eigenvalue weighted by atomic mass is 32.2. The van der Waals surface area contributed by atoms with Gasteiger partial charge < -0.3 is 15.3 Å². The highest BCUT2D eigenvalue weighted by Gasteiger charge is 2.38. The maximum absolute atomic E-state index is 13.1. The molecule has 2 atom stereocenters. The van der Waals surface area contributed by atoms with Gasteiger partial charge in [0, 0.05) is 17.7 Å². The normalized spacial score (nSPS) is 16.8. The van der Waals surface area contributed by atoms with Crippen molar-refractivity contribution < 1.29 is 24.3 Å². The number of carboxylic acids is 1. The van der Waals surface area contributed by atoms with Gasteiger partial charge in [0.25, 0.3) is 11.8 Å². The molecule has 0 aliphatic carbocycles. The number of aliphatic carboxylic acids is 1. The Hall–Kier alpha value is -3.13. The van der Waals surface area contributed by atoms with Crippen LogP contribution in [0.5, 0.6) is 0 Å². The zero-order chi connectivity index (χ0) is 20.8. The molecule has 1 aliphatic rings. The van der Waals surface area contributed by atoms with Gasteiger partial charge in [-0.1, -0.05) is 48.5 Å². The fraction of sp³-hybridized carbons (Fsp3) is 0.238. The Kier molecular flexibility index (Phi) is 6.66. The van der Waals surface area contributed by atoms with Crippen molar-refractivity contribution in [2.75, 3.05) is 6.54 Å². The van der Waals surface area contributed by atoms with Crippen LogP contribution in [-0.4, -0.2) is 50.9 Å². The minimum atomic E-state index is -1.23. The van der Waals surface area contributed by atoms with Crippen LogP contribution >= 0.6 is 11.8 Å². The summed E-state index contributed by atoms with van der Waals surface area (Å²) in [7, 11) is 0. The van der Waals surface area contributed by atoms with Crippen molar-refractivity contribution in [2.24, 2.45) is 0 Å². The van der Waals surface area contributed by atoms with E-state index < -0.39 is 29.2 Å². The summed E-state index contributed by atoms with van der Waals surface area (Å²) in [5, 5.41) is 10.4. The standard InChI is InChI=1S/C21H20N2O5S/c24-17(14-8-3-1-4-9-14)22-18(29-21(28)15-10-5-2-6-11-15)19(25)23-13-7-12-16(23)20(26)27/h1-6,8-11,16,18H,7,12-13H2,(H,22,24)(H,26,27). The van der Waals surface area contributed by atoms with Gasteiger partial charge >= 0.3 is 5.97 Å². The summed E-state index contributed by atoms with van der Waals surface area (Å²) in [5.41, 5.74) is 0.731. The zero-order valence-electron chi connectivity index (χ0n) is 15.5. The molecule has 7 nitrogen and oxygen atoms in total. The van der Waals surface area contributed by atoms with Crippen LogP contribution < -0.4 is 5.32 Å². The first-order valence-electron chi connectivity index (χ1n) is 9.12. The number of amides is 2. The quantitative estimate of drug-likeness (QED) is 0.706. The van der Waals surface area contributed by atoms with E-state index in [-0.39, 0.29) is 11.7 Å². The first kappa shape index (κ1) is 20.6. The second-order valence-corrected chi connectivity index (χ2v) is 7.60. The average Bonchev–Trinajstić information content (AvgIpc) is 3.24. The van der Waals surface area contributed by atoms with E-state index in [1.807, 2.05) is 0 Å². The number of carbonyl (C=O) groups excluding carboxylic acids is 3. The lowest BCUT2D eigenvalue weighted by molar-refractivity contribution is -0.148. The third kappa shape index (κ3) is 5.03. The highest BCUT2D eigenvalue weighted by Crippen LogP contribution is 2.24. The maximum atomic E-state index is 13.1. The van der Waals surface area contributed by atoms with Gasteiger partial charge in [0.2, 0.25) is 5.12 Å². The molecule has 3 rings (SSSR count). The summed E-state index contributed by atoms with van der Waals surface area (Å²) in [6.07, 6.45) is 0.900. The maximum Gasteiger partial charge on any atom is 0.326 e. The third-order valence-corrected chi connectivity index (χ3v) is 5.58. The predicted octanol–water partition coefficient (Wildman–Crippen LogP) is 2.39. The summed E-state index contributed by atoms with van der Waals surface area (Å²) in [6, 6.07) is 15.8. The molecule has 0 saturated carbocycles. The smallest absolute Gasteiger partial charge is 0.326 e. The second-order valence-electron chi connectivity index (χ2n) is 6.52. The lowest BCUT2D eigenvalue weighted by Gasteiger charge is -2.26. The van der Waals surface area contributed by atoms with Crippen molar-refractivity contribution >= 4 is 34.7 Å². The van der Waals surface area contributed by atoms with Crippen molar-refractivity contribution in [3.63, 3.8) is 0 Å². The van der Waals surface area contributed by atoms with Gasteiger partial charge in [0.15, 0.2) is 5.37 Å². The molecule has 1 fully saturated rings. The first-order valence-corrected chi connectivity index (χ1v) is 10.0. The van der Waals surface area contributed by atoms with Crippen molar-refractivity contribution in [2.45, 2.75) is 24.3 Å². The molecule has 0 radical (unpaired) electrons. The second kappa shape index (κ2) is 9.38. The molecule has 29 heavy (non-hydrogen) atoms. The largest absolute Gasteiger partial charge is 0.480 e. The highest BCUT2D eigenvalue weighted by molar-refractivity contribution is 8.15. The van der Waals surface area contributed by atoms with Crippen LogP contribution in [0.25, 0.3) is 0 Å². The number of thioether (sulfide) groups is 1. The van der Waals surface area contributed by atoms with E-state index >= 15 is 0 Å². The SMILES string of the molecule is O=C(NC(SC(=O)c1ccccc1)C(=O)N1CCCC1C(=O)O)c1ccccc1. The van der Waals surface area contributed by atoms with Crippen LogP contribution in [0.2, 0.25) is 0 Å². The topological polar surface area (TPSA) is 104 Å². The van der Waals surface area contributed by atoms with Crippen LogP contribution in [0, 0.1) is 0 Å². The molecule has 2 aromatic carbocycles. The number of likely N-dealkylation sites (tertiary alicyclic amines) is 1. The van der Waals surface area contributed by atoms with Crippen molar-refractivity contribution in [1.82, 2.24) is 10.2 Å². The molecule has 1 aliphatic heterocycles. The van der Waals surface area contributed by atoms with Crippen LogP contribution in [0.3, 0.4) is 0 Å². The van der Waals surface area contributed by atoms with E-state index in [4.69, 9.17) is 0 Å². The number of rotatable bonds is 6. The third-order valence-electron chi connectivity index (χ3n) is 4.58. The minimum absolute atomic E-state index is 0.271. The fourth-order valence-electron chi connectivity index (χ4n) is 3.12. The Morgan fingerprint density at radius 1 is 0.966 bits per heavy atom. The lowest BCUT2D eigenvalue weighted by Crippen LogP contribution is -2.50. The molecule has 0 bridgehead atoms. The average molecular weight is 412 g/mol. The van der Waals surface area contributed by atoms with E-state index in [0.29, 0.717) is 35.7 Å². The van der Waals surface area contributed by atoms with Crippen LogP contribution in [0.1, 0.15) is 33.6 Å². The van der Waals surface area contributed by atoms with Crippen molar-refractivity contribution in [3.8, 4) is 0 Å². The molecule has 0 aromatic heterocycles. The van der Waals surface area contributed by atoms with Gasteiger partial charge in [0.1, 0.15) is 6.04 Å². The van der Waals surface area contributed by atoms with E-state index in [1.165, 1.54) is 4.90 Å². The van der Waals surface area contributed by atoms with Gasteiger partial charge in [0.05, 0.1) is 0 Å². The Labute approximate surface area is 172 Å². The zero-order valence-corrected chi connectivity index (χ0v) is 16.3. The molecule has 2 aromatic rings. The Morgan fingerprint density at radius 2 is 1.55 bits per heavy atom. The van der Waals surface area contributed by atoms with Gasteiger partial charge in [-0.15, -0.1) is 0 Å². The Bertz CT molecular complexity index is 850. The van der Waals surface area contributed by atoms with Gasteiger partial charge in [-0.2, -0.15) is 0 Å². The number of nitrogens with one attached hydrogen (secondary N) is 1. The summed E-state index contributed by atoms with van der Waals surface area (Å²) >= 11 is 0.675. The molecule has 0 spiro atoms. The molecule has 8 heteroatoms. The minimum Gasteiger partial charge on any atom is -0.480 e. The molecule has 2 unspecified atom stereocenters. The monoisotopic (exact) mass is 412 g/mol. The Balaban J connectivity index is 1.82. The van der Waals surface area contributed by atoms with Gasteiger partial charge in [-0.05, 0) is 36.7 Å². The summed E-state index contributed by atoms with van der Waals surface area (Å²) in [5.74, 6) is -2.19. The van der Waals surface area contributed by atoms with Crippen LogP contribution in [0.15, 0.2) is 60.7 Å². The molecular formula is C21H20N2O5S. The number of nitrogens with zero attached hydrogens (tertiary/aromatic N) is 1. The molecule has 2 N–H and O–H groups in total. The summed E-state index contributed by atoms with van der Waals surface area (Å²) in [4.78, 5) is 51.0. The molecule has 1 heterocycles. The lowest BCUT2D eigenvalue weighted by atomic mass is 10.2. The first-order chi connectivity index (χ1) is 14.0. The van der Waals surface area contributed by atoms with Crippen LogP contribution in [-0.2, 0) is 9.59 Å². The van der Waals surface area contributed by atoms with E-state index in [2.05, 4.69) is 5.32 Å². The molecule has 150 valence electrons. The Morgan fingerprint density at radius 3 is 2.14 bits per heavy atom. The van der Waals surface area contributed by atoms with Gasteiger partial charge in [-0.25, -0.2) is 4.79 Å². The van der Waals surface area contributed by atoms with E-state index in [9.17, 15) is 24.3 Å². The molecule has 1 saturated heterocycles. The van der Waals surface area contributed by atoms with Crippen molar-refractivity contribution in [3.05, 3.63) is 71.8 Å². The molecule has 2 amide bonds. The molecular weight excluding hydrogens is 392 g/mol. The number of carboxylic acid groups (broad SMARTS) is 1.